The maximum Gasteiger partial charge on any atom is 0.122 e. The molecule has 1 aromatic carbocycles. The average molecular weight is 278 g/mol. The molecule has 2 rings (SSSR count). The van der Waals surface area contributed by atoms with Crippen molar-refractivity contribution in [2.24, 2.45) is 0 Å². The first-order chi connectivity index (χ1) is 9.81. The van der Waals surface area contributed by atoms with Crippen molar-refractivity contribution >= 4 is 5.69 Å². The summed E-state index contributed by atoms with van der Waals surface area (Å²) in [6.45, 7) is 10.5. The summed E-state index contributed by atoms with van der Waals surface area (Å²) in [4.78, 5) is 2.44. The summed E-state index contributed by atoms with van der Waals surface area (Å²) in [5, 5.41) is 3.43. The highest BCUT2D eigenvalue weighted by atomic mass is 16.5. The molecule has 112 valence electrons. The van der Waals surface area contributed by atoms with Gasteiger partial charge in [-0.2, -0.15) is 0 Å². The highest BCUT2D eigenvalue weighted by molar-refractivity contribution is 5.53. The van der Waals surface area contributed by atoms with Gasteiger partial charge in [-0.3, -0.25) is 0 Å². The molecule has 0 saturated carbocycles. The SMILES string of the molecule is CCOCCOc1ccc(N2CCCNCC2)cc1C. The second kappa shape index (κ2) is 8.12. The molecule has 4 heteroatoms. The zero-order valence-corrected chi connectivity index (χ0v) is 12.7. The minimum Gasteiger partial charge on any atom is -0.491 e. The molecule has 0 bridgehead atoms. The molecule has 1 aliphatic heterocycles. The number of aryl methyl sites for hydroxylation is 1. The van der Waals surface area contributed by atoms with Crippen molar-refractivity contribution in [2.45, 2.75) is 20.3 Å². The summed E-state index contributed by atoms with van der Waals surface area (Å²) in [6.07, 6.45) is 1.20. The summed E-state index contributed by atoms with van der Waals surface area (Å²) >= 11 is 0. The molecule has 20 heavy (non-hydrogen) atoms. The predicted molar refractivity (Wildman–Crippen MR) is 82.9 cm³/mol. The van der Waals surface area contributed by atoms with Gasteiger partial charge >= 0.3 is 0 Å². The van der Waals surface area contributed by atoms with Crippen LogP contribution in [0.4, 0.5) is 5.69 Å². The van der Waals surface area contributed by atoms with Crippen LogP contribution in [0, 0.1) is 6.92 Å². The van der Waals surface area contributed by atoms with E-state index < -0.39 is 0 Å². The lowest BCUT2D eigenvalue weighted by Crippen LogP contribution is -2.27. The number of ether oxygens (including phenoxy) is 2. The maximum atomic E-state index is 5.75. The number of hydrogen-bond donors (Lipinski definition) is 1. The number of nitrogens with zero attached hydrogens (tertiary/aromatic N) is 1. The van der Waals surface area contributed by atoms with Crippen LogP contribution in [-0.4, -0.2) is 46.0 Å². The van der Waals surface area contributed by atoms with Crippen LogP contribution >= 0.6 is 0 Å². The van der Waals surface area contributed by atoms with E-state index >= 15 is 0 Å². The first-order valence-corrected chi connectivity index (χ1v) is 7.58. The van der Waals surface area contributed by atoms with Crippen LogP contribution < -0.4 is 15.0 Å². The summed E-state index contributed by atoms with van der Waals surface area (Å²) in [5.74, 6) is 0.960. The van der Waals surface area contributed by atoms with Gasteiger partial charge in [0.2, 0.25) is 0 Å². The Kier molecular flexibility index (Phi) is 6.15. The fraction of sp³-hybridized carbons (Fsp3) is 0.625. The Morgan fingerprint density at radius 2 is 2.10 bits per heavy atom. The second-order valence-electron chi connectivity index (χ2n) is 5.09. The third-order valence-electron chi connectivity index (χ3n) is 3.55. The van der Waals surface area contributed by atoms with Gasteiger partial charge in [-0.25, -0.2) is 0 Å². The van der Waals surface area contributed by atoms with Gasteiger partial charge in [-0.05, 0) is 50.6 Å². The lowest BCUT2D eigenvalue weighted by molar-refractivity contribution is 0.110. The lowest BCUT2D eigenvalue weighted by Gasteiger charge is -2.23. The summed E-state index contributed by atoms with van der Waals surface area (Å²) in [6, 6.07) is 6.46. The topological polar surface area (TPSA) is 33.7 Å². The van der Waals surface area contributed by atoms with E-state index in [0.717, 1.165) is 38.5 Å². The monoisotopic (exact) mass is 278 g/mol. The van der Waals surface area contributed by atoms with Crippen molar-refractivity contribution in [3.63, 3.8) is 0 Å². The largest absolute Gasteiger partial charge is 0.491 e. The molecule has 1 heterocycles. The molecular formula is C16H26N2O2. The molecule has 0 aromatic heterocycles. The Balaban J connectivity index is 1.94. The van der Waals surface area contributed by atoms with Gasteiger partial charge < -0.3 is 19.7 Å². The predicted octanol–water partition coefficient (Wildman–Crippen LogP) is 2.21. The van der Waals surface area contributed by atoms with Crippen molar-refractivity contribution in [3.05, 3.63) is 23.8 Å². The van der Waals surface area contributed by atoms with Gasteiger partial charge in [0.25, 0.3) is 0 Å². The molecule has 0 atom stereocenters. The third-order valence-corrected chi connectivity index (χ3v) is 3.55. The first kappa shape index (κ1) is 15.1. The number of anilines is 1. The van der Waals surface area contributed by atoms with Gasteiger partial charge in [0.05, 0.1) is 6.61 Å². The van der Waals surface area contributed by atoms with E-state index in [4.69, 9.17) is 9.47 Å². The van der Waals surface area contributed by atoms with E-state index in [-0.39, 0.29) is 0 Å². The molecule has 1 N–H and O–H groups in total. The molecule has 1 aromatic rings. The Hall–Kier alpha value is -1.26. The molecular weight excluding hydrogens is 252 g/mol. The number of rotatable bonds is 6. The molecule has 1 fully saturated rings. The molecule has 1 saturated heterocycles. The Bertz CT molecular complexity index is 401. The van der Waals surface area contributed by atoms with E-state index in [9.17, 15) is 0 Å². The van der Waals surface area contributed by atoms with E-state index in [0.29, 0.717) is 13.2 Å². The molecule has 0 spiro atoms. The smallest absolute Gasteiger partial charge is 0.122 e. The fourth-order valence-corrected chi connectivity index (χ4v) is 2.45. The van der Waals surface area contributed by atoms with Crippen LogP contribution in [0.2, 0.25) is 0 Å². The second-order valence-corrected chi connectivity index (χ2v) is 5.09. The standard InChI is InChI=1S/C16H26N2O2/c1-3-19-11-12-20-16-6-5-15(13-14(16)2)18-9-4-7-17-8-10-18/h5-6,13,17H,3-4,7-12H2,1-2H3. The van der Waals surface area contributed by atoms with Gasteiger partial charge in [0, 0.05) is 31.9 Å². The van der Waals surface area contributed by atoms with Crippen molar-refractivity contribution in [3.8, 4) is 5.75 Å². The minimum atomic E-state index is 0.613. The van der Waals surface area contributed by atoms with Gasteiger partial charge in [0.15, 0.2) is 0 Å². The minimum absolute atomic E-state index is 0.613. The maximum absolute atomic E-state index is 5.75. The van der Waals surface area contributed by atoms with Gasteiger partial charge in [-0.15, -0.1) is 0 Å². The fourth-order valence-electron chi connectivity index (χ4n) is 2.45. The molecule has 1 aliphatic rings. The quantitative estimate of drug-likeness (QED) is 0.809. The Labute approximate surface area is 122 Å². The average Bonchev–Trinajstić information content (AvgIpc) is 2.74. The highest BCUT2D eigenvalue weighted by Crippen LogP contribution is 2.24. The van der Waals surface area contributed by atoms with Crippen LogP contribution in [0.15, 0.2) is 18.2 Å². The van der Waals surface area contributed by atoms with Crippen LogP contribution in [0.5, 0.6) is 5.75 Å². The van der Waals surface area contributed by atoms with Crippen LogP contribution in [0.25, 0.3) is 0 Å². The zero-order valence-electron chi connectivity index (χ0n) is 12.7. The third kappa shape index (κ3) is 4.39. The van der Waals surface area contributed by atoms with Gasteiger partial charge in [0.1, 0.15) is 12.4 Å². The summed E-state index contributed by atoms with van der Waals surface area (Å²) in [5.41, 5.74) is 2.49. The summed E-state index contributed by atoms with van der Waals surface area (Å²) in [7, 11) is 0. The van der Waals surface area contributed by atoms with Crippen LogP contribution in [0.1, 0.15) is 18.9 Å². The van der Waals surface area contributed by atoms with E-state index in [1.807, 2.05) is 6.92 Å². The normalized spacial score (nSPS) is 16.0. The van der Waals surface area contributed by atoms with E-state index in [1.54, 1.807) is 0 Å². The summed E-state index contributed by atoms with van der Waals surface area (Å²) < 4.78 is 11.0. The lowest BCUT2D eigenvalue weighted by atomic mass is 10.2. The van der Waals surface area contributed by atoms with Crippen molar-refractivity contribution in [1.82, 2.24) is 5.32 Å². The van der Waals surface area contributed by atoms with Crippen LogP contribution in [-0.2, 0) is 4.74 Å². The first-order valence-electron chi connectivity index (χ1n) is 7.58. The molecule has 0 amide bonds. The Morgan fingerprint density at radius 1 is 1.20 bits per heavy atom. The number of nitrogens with one attached hydrogen (secondary N) is 1. The molecule has 4 nitrogen and oxygen atoms in total. The highest BCUT2D eigenvalue weighted by Gasteiger charge is 2.10. The van der Waals surface area contributed by atoms with Crippen molar-refractivity contribution < 1.29 is 9.47 Å². The van der Waals surface area contributed by atoms with E-state index in [1.165, 1.54) is 17.7 Å². The molecule has 0 unspecified atom stereocenters. The molecule has 0 aliphatic carbocycles. The van der Waals surface area contributed by atoms with E-state index in [2.05, 4.69) is 35.3 Å². The van der Waals surface area contributed by atoms with Crippen molar-refractivity contribution in [1.29, 1.82) is 0 Å². The van der Waals surface area contributed by atoms with Crippen molar-refractivity contribution in [2.75, 3.05) is 50.9 Å². The number of benzene rings is 1. The zero-order chi connectivity index (χ0) is 14.2. The van der Waals surface area contributed by atoms with Crippen LogP contribution in [0.3, 0.4) is 0 Å². The Morgan fingerprint density at radius 3 is 2.90 bits per heavy atom. The molecule has 0 radical (unpaired) electrons. The van der Waals surface area contributed by atoms with Gasteiger partial charge in [-0.1, -0.05) is 0 Å². The number of hydrogen-bond acceptors (Lipinski definition) is 4.